The van der Waals surface area contributed by atoms with E-state index in [1.165, 1.54) is 11.8 Å². The lowest BCUT2D eigenvalue weighted by molar-refractivity contribution is -0.113. The molecule has 3 aromatic rings. The van der Waals surface area contributed by atoms with Gasteiger partial charge in [-0.1, -0.05) is 18.2 Å². The Hall–Kier alpha value is -3.13. The predicted octanol–water partition coefficient (Wildman–Crippen LogP) is 3.67. The number of hydrogen-bond acceptors (Lipinski definition) is 6. The maximum Gasteiger partial charge on any atom is 0.235 e. The first-order valence-corrected chi connectivity index (χ1v) is 10.0. The van der Waals surface area contributed by atoms with Gasteiger partial charge in [0.15, 0.2) is 17.3 Å². The number of fused-ring (bicyclic) bond motifs is 1. The van der Waals surface area contributed by atoms with Crippen LogP contribution in [0.15, 0.2) is 48.8 Å². The molecule has 0 unspecified atom stereocenters. The summed E-state index contributed by atoms with van der Waals surface area (Å²) in [6.45, 7) is 0. The summed E-state index contributed by atoms with van der Waals surface area (Å²) in [5.41, 5.74) is 2.67. The number of amides is 1. The second-order valence-electron chi connectivity index (χ2n) is 6.37. The molecule has 8 heteroatoms. The number of carbonyl (C=O) groups excluding carboxylic acids is 1. The zero-order chi connectivity index (χ0) is 20.4. The monoisotopic (exact) mass is 411 g/mol. The van der Waals surface area contributed by atoms with Crippen LogP contribution in [-0.2, 0) is 4.79 Å². The van der Waals surface area contributed by atoms with E-state index < -0.39 is 0 Å². The highest BCUT2D eigenvalue weighted by Gasteiger charge is 2.32. The van der Waals surface area contributed by atoms with Crippen LogP contribution in [0.1, 0.15) is 16.5 Å². The number of thioether (sulfide) groups is 1. The zero-order valence-electron chi connectivity index (χ0n) is 16.3. The van der Waals surface area contributed by atoms with Crippen molar-refractivity contribution < 1.29 is 19.0 Å². The van der Waals surface area contributed by atoms with Crippen LogP contribution in [0.2, 0.25) is 0 Å². The fourth-order valence-electron chi connectivity index (χ4n) is 3.43. The smallest absolute Gasteiger partial charge is 0.235 e. The molecule has 1 amide bonds. The summed E-state index contributed by atoms with van der Waals surface area (Å²) in [6.07, 6.45) is 1.71. The third-order valence-corrected chi connectivity index (χ3v) is 5.98. The lowest BCUT2D eigenvalue weighted by Gasteiger charge is -2.21. The summed E-state index contributed by atoms with van der Waals surface area (Å²) < 4.78 is 18.5. The lowest BCUT2D eigenvalue weighted by Crippen LogP contribution is -2.12. The number of nitrogens with zero attached hydrogens (tertiary/aromatic N) is 2. The van der Waals surface area contributed by atoms with Gasteiger partial charge in [0, 0.05) is 11.6 Å². The molecule has 29 heavy (non-hydrogen) atoms. The lowest BCUT2D eigenvalue weighted by atomic mass is 10.1. The number of para-hydroxylation sites is 1. The molecule has 0 bridgehead atoms. The normalized spacial score (nSPS) is 15.8. The molecule has 7 nitrogen and oxygen atoms in total. The van der Waals surface area contributed by atoms with Gasteiger partial charge in [-0.2, -0.15) is 0 Å². The van der Waals surface area contributed by atoms with Crippen molar-refractivity contribution in [3.05, 3.63) is 60.0 Å². The minimum atomic E-state index is -0.192. The topological polar surface area (TPSA) is 74.6 Å². The molecule has 2 heterocycles. The predicted molar refractivity (Wildman–Crippen MR) is 113 cm³/mol. The molecule has 1 aliphatic rings. The molecule has 0 saturated heterocycles. The van der Waals surface area contributed by atoms with Gasteiger partial charge in [-0.15, -0.1) is 11.8 Å². The number of nitrogens with one attached hydrogen (secondary N) is 1. The van der Waals surface area contributed by atoms with Gasteiger partial charge in [0.2, 0.25) is 5.91 Å². The van der Waals surface area contributed by atoms with Crippen molar-refractivity contribution in [3.8, 4) is 22.9 Å². The average molecular weight is 411 g/mol. The number of imidazole rings is 1. The molecule has 0 radical (unpaired) electrons. The van der Waals surface area contributed by atoms with Gasteiger partial charge in [-0.25, -0.2) is 4.98 Å². The van der Waals surface area contributed by atoms with E-state index in [1.807, 2.05) is 47.0 Å². The SMILES string of the molecule is COc1cccc(-n2cnc3c2[C@@H](c2cccc(OC)c2OC)SCC(=O)N3)c1. The minimum absolute atomic E-state index is 0.0866. The Morgan fingerprint density at radius 2 is 1.93 bits per heavy atom. The first kappa shape index (κ1) is 19.2. The van der Waals surface area contributed by atoms with Crippen molar-refractivity contribution in [1.29, 1.82) is 0 Å². The maximum atomic E-state index is 12.3. The fourth-order valence-corrected chi connectivity index (χ4v) is 4.57. The van der Waals surface area contributed by atoms with Crippen molar-refractivity contribution in [3.63, 3.8) is 0 Å². The van der Waals surface area contributed by atoms with Gasteiger partial charge in [-0.05, 0) is 18.2 Å². The number of ether oxygens (including phenoxy) is 3. The zero-order valence-corrected chi connectivity index (χ0v) is 17.2. The summed E-state index contributed by atoms with van der Waals surface area (Å²) in [5.74, 6) is 2.79. The van der Waals surface area contributed by atoms with Crippen LogP contribution in [0.25, 0.3) is 5.69 Å². The maximum absolute atomic E-state index is 12.3. The standard InChI is InChI=1S/C21H21N3O4S/c1-26-14-7-4-6-13(10-14)24-12-22-21-18(24)20(29-11-17(25)23-21)15-8-5-9-16(27-2)19(15)28-3/h4-10,12,20H,11H2,1-3H3,(H,23,25)/t20-/m1/s1. The minimum Gasteiger partial charge on any atom is -0.497 e. The molecule has 0 fully saturated rings. The van der Waals surface area contributed by atoms with E-state index in [-0.39, 0.29) is 11.2 Å². The Kier molecular flexibility index (Phi) is 5.35. The molecule has 0 spiro atoms. The van der Waals surface area contributed by atoms with Crippen molar-refractivity contribution in [2.45, 2.75) is 5.25 Å². The van der Waals surface area contributed by atoms with E-state index >= 15 is 0 Å². The first-order valence-electron chi connectivity index (χ1n) is 9.00. The summed E-state index contributed by atoms with van der Waals surface area (Å²) >= 11 is 1.52. The molecule has 1 aliphatic heterocycles. The highest BCUT2D eigenvalue weighted by atomic mass is 32.2. The highest BCUT2D eigenvalue weighted by Crippen LogP contribution is 2.47. The summed E-state index contributed by atoms with van der Waals surface area (Å²) in [6, 6.07) is 13.5. The molecule has 2 aromatic carbocycles. The summed E-state index contributed by atoms with van der Waals surface area (Å²) in [5, 5.41) is 2.72. The number of aromatic nitrogens is 2. The molecular formula is C21H21N3O4S. The van der Waals surface area contributed by atoms with E-state index in [4.69, 9.17) is 14.2 Å². The number of rotatable bonds is 5. The third kappa shape index (κ3) is 3.51. The van der Waals surface area contributed by atoms with Gasteiger partial charge in [0.1, 0.15) is 12.1 Å². The Morgan fingerprint density at radius 1 is 1.10 bits per heavy atom. The quantitative estimate of drug-likeness (QED) is 0.691. The molecule has 0 aliphatic carbocycles. The van der Waals surface area contributed by atoms with Gasteiger partial charge in [0.05, 0.1) is 43.7 Å². The second-order valence-corrected chi connectivity index (χ2v) is 7.47. The highest BCUT2D eigenvalue weighted by molar-refractivity contribution is 8.00. The third-order valence-electron chi connectivity index (χ3n) is 4.74. The van der Waals surface area contributed by atoms with Crippen LogP contribution in [0.4, 0.5) is 5.82 Å². The van der Waals surface area contributed by atoms with Crippen molar-refractivity contribution in [2.24, 2.45) is 0 Å². The molecule has 0 saturated carbocycles. The van der Waals surface area contributed by atoms with Crippen molar-refractivity contribution in [1.82, 2.24) is 9.55 Å². The molecule has 1 aromatic heterocycles. The van der Waals surface area contributed by atoms with Crippen LogP contribution in [0, 0.1) is 0 Å². The Balaban J connectivity index is 1.91. The summed E-state index contributed by atoms with van der Waals surface area (Å²) in [7, 11) is 4.86. The van der Waals surface area contributed by atoms with Gasteiger partial charge in [0.25, 0.3) is 0 Å². The van der Waals surface area contributed by atoms with Crippen molar-refractivity contribution >= 4 is 23.5 Å². The average Bonchev–Trinajstić information content (AvgIpc) is 3.09. The molecule has 1 N–H and O–H groups in total. The van der Waals surface area contributed by atoms with Crippen LogP contribution < -0.4 is 19.5 Å². The molecular weight excluding hydrogens is 390 g/mol. The Morgan fingerprint density at radius 3 is 2.69 bits per heavy atom. The van der Waals surface area contributed by atoms with E-state index in [1.54, 1.807) is 27.7 Å². The first-order chi connectivity index (χ1) is 14.2. The molecule has 150 valence electrons. The van der Waals surface area contributed by atoms with Crippen LogP contribution >= 0.6 is 11.8 Å². The van der Waals surface area contributed by atoms with Crippen LogP contribution in [0.3, 0.4) is 0 Å². The van der Waals surface area contributed by atoms with Gasteiger partial charge < -0.3 is 19.5 Å². The largest absolute Gasteiger partial charge is 0.497 e. The van der Waals surface area contributed by atoms with Gasteiger partial charge >= 0.3 is 0 Å². The number of methoxy groups -OCH3 is 3. The number of hydrogen-bond donors (Lipinski definition) is 1. The Bertz CT molecular complexity index is 1050. The van der Waals surface area contributed by atoms with E-state index in [0.29, 0.717) is 23.1 Å². The van der Waals surface area contributed by atoms with Crippen molar-refractivity contribution in [2.75, 3.05) is 32.4 Å². The molecule has 4 rings (SSSR count). The number of carbonyl (C=O) groups is 1. The number of anilines is 1. The Labute approximate surface area is 173 Å². The van der Waals surface area contributed by atoms with Gasteiger partial charge in [-0.3, -0.25) is 9.36 Å². The fraction of sp³-hybridized carbons (Fsp3) is 0.238. The van der Waals surface area contributed by atoms with E-state index in [0.717, 1.165) is 22.7 Å². The second kappa shape index (κ2) is 8.08. The summed E-state index contributed by atoms with van der Waals surface area (Å²) in [4.78, 5) is 16.8. The van der Waals surface area contributed by atoms with Crippen LogP contribution in [-0.4, -0.2) is 42.5 Å². The van der Waals surface area contributed by atoms with Crippen LogP contribution in [0.5, 0.6) is 17.2 Å². The van der Waals surface area contributed by atoms with E-state index in [9.17, 15) is 4.79 Å². The van der Waals surface area contributed by atoms with E-state index in [2.05, 4.69) is 10.3 Å². The number of benzene rings is 2. The molecule has 1 atom stereocenters.